The van der Waals surface area contributed by atoms with Gasteiger partial charge in [-0.1, -0.05) is 41.9 Å². The van der Waals surface area contributed by atoms with Crippen LogP contribution in [0.3, 0.4) is 0 Å². The van der Waals surface area contributed by atoms with E-state index in [1.807, 2.05) is 18.2 Å². The molecule has 0 fully saturated rings. The molecule has 110 valence electrons. The van der Waals surface area contributed by atoms with Crippen molar-refractivity contribution < 1.29 is 4.39 Å². The average molecular weight is 315 g/mol. The molecular formula is C17H12ClFN2O. The first-order valence-corrected chi connectivity index (χ1v) is 7.09. The number of benzene rings is 2. The minimum Gasteiger partial charge on any atom is -0.268 e. The molecule has 3 rings (SSSR count). The molecule has 0 saturated heterocycles. The van der Waals surface area contributed by atoms with Crippen LogP contribution in [-0.2, 0) is 6.54 Å². The molecular weight excluding hydrogens is 303 g/mol. The molecule has 3 aromatic rings. The van der Waals surface area contributed by atoms with E-state index in [2.05, 4.69) is 5.10 Å². The Morgan fingerprint density at radius 1 is 1.05 bits per heavy atom. The Balaban J connectivity index is 2.01. The summed E-state index contributed by atoms with van der Waals surface area (Å²) in [6.07, 6.45) is 0. The lowest BCUT2D eigenvalue weighted by Gasteiger charge is -2.08. The van der Waals surface area contributed by atoms with Gasteiger partial charge in [0.05, 0.1) is 17.3 Å². The van der Waals surface area contributed by atoms with E-state index in [4.69, 9.17) is 11.6 Å². The highest BCUT2D eigenvalue weighted by molar-refractivity contribution is 6.33. The van der Waals surface area contributed by atoms with Crippen LogP contribution >= 0.6 is 11.6 Å². The summed E-state index contributed by atoms with van der Waals surface area (Å²) in [4.78, 5) is 12.0. The second-order valence-corrected chi connectivity index (χ2v) is 5.23. The second kappa shape index (κ2) is 6.12. The Morgan fingerprint density at radius 2 is 1.86 bits per heavy atom. The van der Waals surface area contributed by atoms with Crippen LogP contribution in [0.25, 0.3) is 11.3 Å². The molecule has 1 aromatic heterocycles. The highest BCUT2D eigenvalue weighted by Gasteiger charge is 2.07. The molecule has 0 atom stereocenters. The van der Waals surface area contributed by atoms with E-state index >= 15 is 0 Å². The van der Waals surface area contributed by atoms with Gasteiger partial charge < -0.3 is 0 Å². The third-order valence-electron chi connectivity index (χ3n) is 3.24. The van der Waals surface area contributed by atoms with Crippen molar-refractivity contribution in [3.63, 3.8) is 0 Å². The Kier molecular flexibility index (Phi) is 4.02. The summed E-state index contributed by atoms with van der Waals surface area (Å²) in [5.41, 5.74) is 1.77. The van der Waals surface area contributed by atoms with Crippen LogP contribution in [0.4, 0.5) is 4.39 Å². The number of nitrogens with zero attached hydrogens (tertiary/aromatic N) is 2. The van der Waals surface area contributed by atoms with Gasteiger partial charge in [-0.25, -0.2) is 9.07 Å². The van der Waals surface area contributed by atoms with Crippen molar-refractivity contribution in [2.75, 3.05) is 0 Å². The van der Waals surface area contributed by atoms with Crippen LogP contribution < -0.4 is 5.56 Å². The monoisotopic (exact) mass is 314 g/mol. The minimum absolute atomic E-state index is 0.203. The number of hydrogen-bond acceptors (Lipinski definition) is 2. The van der Waals surface area contributed by atoms with Gasteiger partial charge in [0.1, 0.15) is 5.82 Å². The van der Waals surface area contributed by atoms with Gasteiger partial charge in [-0.15, -0.1) is 0 Å². The van der Waals surface area contributed by atoms with Crippen LogP contribution in [0.1, 0.15) is 5.56 Å². The van der Waals surface area contributed by atoms with E-state index in [0.29, 0.717) is 16.3 Å². The molecule has 0 radical (unpaired) electrons. The van der Waals surface area contributed by atoms with Gasteiger partial charge in [0.15, 0.2) is 0 Å². The van der Waals surface area contributed by atoms with Gasteiger partial charge in [0, 0.05) is 11.6 Å². The van der Waals surface area contributed by atoms with Crippen LogP contribution in [0.5, 0.6) is 0 Å². The van der Waals surface area contributed by atoms with Crippen LogP contribution in [0, 0.1) is 5.82 Å². The van der Waals surface area contributed by atoms with Crippen molar-refractivity contribution >= 4 is 11.6 Å². The number of aromatic nitrogens is 2. The minimum atomic E-state index is -0.340. The zero-order valence-electron chi connectivity index (χ0n) is 11.5. The maximum atomic E-state index is 13.2. The van der Waals surface area contributed by atoms with Crippen LogP contribution in [0.15, 0.2) is 65.5 Å². The molecule has 0 bridgehead atoms. The Morgan fingerprint density at radius 3 is 2.64 bits per heavy atom. The van der Waals surface area contributed by atoms with Crippen LogP contribution in [-0.4, -0.2) is 9.78 Å². The molecule has 22 heavy (non-hydrogen) atoms. The number of halogens is 2. The Labute approximate surface area is 131 Å². The predicted molar refractivity (Wildman–Crippen MR) is 84.4 cm³/mol. The summed E-state index contributed by atoms with van der Waals surface area (Å²) in [5, 5.41) is 4.89. The van der Waals surface area contributed by atoms with Crippen molar-refractivity contribution in [2.45, 2.75) is 6.54 Å². The zero-order chi connectivity index (χ0) is 15.5. The fourth-order valence-electron chi connectivity index (χ4n) is 2.18. The molecule has 0 aliphatic rings. The smallest absolute Gasteiger partial charge is 0.267 e. The molecule has 0 N–H and O–H groups in total. The van der Waals surface area contributed by atoms with Crippen molar-refractivity contribution in [1.82, 2.24) is 9.78 Å². The molecule has 5 heteroatoms. The van der Waals surface area contributed by atoms with Gasteiger partial charge in [0.25, 0.3) is 5.56 Å². The van der Waals surface area contributed by atoms with E-state index in [1.165, 1.54) is 22.9 Å². The topological polar surface area (TPSA) is 34.9 Å². The highest BCUT2D eigenvalue weighted by atomic mass is 35.5. The molecule has 3 nitrogen and oxygen atoms in total. The van der Waals surface area contributed by atoms with Crippen molar-refractivity contribution in [2.24, 2.45) is 0 Å². The first-order valence-electron chi connectivity index (χ1n) is 6.71. The average Bonchev–Trinajstić information content (AvgIpc) is 2.50. The van der Waals surface area contributed by atoms with Gasteiger partial charge in [-0.3, -0.25) is 4.79 Å². The van der Waals surface area contributed by atoms with Gasteiger partial charge >= 0.3 is 0 Å². The fourth-order valence-corrected chi connectivity index (χ4v) is 2.42. The third-order valence-corrected chi connectivity index (χ3v) is 3.57. The molecule has 0 aliphatic heterocycles. The summed E-state index contributed by atoms with van der Waals surface area (Å²) < 4.78 is 14.5. The maximum Gasteiger partial charge on any atom is 0.267 e. The molecule has 1 heterocycles. The van der Waals surface area contributed by atoms with Gasteiger partial charge in [-0.2, -0.15) is 5.10 Å². The molecule has 0 amide bonds. The summed E-state index contributed by atoms with van der Waals surface area (Å²) in [5.74, 6) is -0.340. The summed E-state index contributed by atoms with van der Waals surface area (Å²) in [6, 6.07) is 16.4. The van der Waals surface area contributed by atoms with E-state index in [9.17, 15) is 9.18 Å². The first-order chi connectivity index (χ1) is 10.6. The van der Waals surface area contributed by atoms with Crippen molar-refractivity contribution in [3.8, 4) is 11.3 Å². The Bertz CT molecular complexity index is 876. The standard InChI is InChI=1S/C17H12ClFN2O/c18-15-7-2-1-6-14(15)16-8-9-17(22)21(20-16)11-12-4-3-5-13(19)10-12/h1-10H,11H2. The molecule has 0 unspecified atom stereocenters. The van der Waals surface area contributed by atoms with Gasteiger partial charge in [-0.05, 0) is 29.8 Å². The Hall–Kier alpha value is -2.46. The molecule has 0 saturated carbocycles. The quantitative estimate of drug-likeness (QED) is 0.738. The largest absolute Gasteiger partial charge is 0.268 e. The first kappa shape index (κ1) is 14.5. The lowest BCUT2D eigenvalue weighted by atomic mass is 10.1. The van der Waals surface area contributed by atoms with Crippen molar-refractivity contribution in [1.29, 1.82) is 0 Å². The normalized spacial score (nSPS) is 10.6. The van der Waals surface area contributed by atoms with E-state index < -0.39 is 0 Å². The molecule has 0 spiro atoms. The van der Waals surface area contributed by atoms with Gasteiger partial charge in [0.2, 0.25) is 0 Å². The number of hydrogen-bond donors (Lipinski definition) is 0. The van der Waals surface area contributed by atoms with Crippen molar-refractivity contribution in [3.05, 3.63) is 87.4 Å². The fraction of sp³-hybridized carbons (Fsp3) is 0.0588. The van der Waals surface area contributed by atoms with E-state index in [0.717, 1.165) is 5.56 Å². The van der Waals surface area contributed by atoms with Crippen LogP contribution in [0.2, 0.25) is 5.02 Å². The predicted octanol–water partition coefficient (Wildman–Crippen LogP) is 3.75. The summed E-state index contributed by atoms with van der Waals surface area (Å²) in [6.45, 7) is 0.203. The number of rotatable bonds is 3. The zero-order valence-corrected chi connectivity index (χ0v) is 12.3. The van der Waals surface area contributed by atoms with E-state index in [-0.39, 0.29) is 17.9 Å². The van der Waals surface area contributed by atoms with E-state index in [1.54, 1.807) is 24.3 Å². The molecule has 0 aliphatic carbocycles. The lowest BCUT2D eigenvalue weighted by Crippen LogP contribution is -2.22. The summed E-state index contributed by atoms with van der Waals surface area (Å²) >= 11 is 6.15. The molecule has 2 aromatic carbocycles. The maximum absolute atomic E-state index is 13.2. The second-order valence-electron chi connectivity index (χ2n) is 4.82. The SMILES string of the molecule is O=c1ccc(-c2ccccc2Cl)nn1Cc1cccc(F)c1. The summed E-state index contributed by atoms with van der Waals surface area (Å²) in [7, 11) is 0. The third kappa shape index (κ3) is 3.07. The highest BCUT2D eigenvalue weighted by Crippen LogP contribution is 2.24. The lowest BCUT2D eigenvalue weighted by molar-refractivity contribution is 0.612.